The van der Waals surface area contributed by atoms with Crippen molar-refractivity contribution in [2.24, 2.45) is 0 Å². The van der Waals surface area contributed by atoms with Gasteiger partial charge in [-0.1, -0.05) is 17.7 Å². The van der Waals surface area contributed by atoms with Crippen LogP contribution in [-0.4, -0.2) is 18.3 Å². The Labute approximate surface area is 88.0 Å². The minimum absolute atomic E-state index is 0.0883. The van der Waals surface area contributed by atoms with E-state index in [9.17, 15) is 0 Å². The fraction of sp³-hybridized carbons (Fsp3) is 0.333. The molecule has 0 aliphatic heterocycles. The van der Waals surface area contributed by atoms with Crippen molar-refractivity contribution in [2.45, 2.75) is 6.54 Å². The molecular weight excluding hydrogens is 202 g/mol. The monoisotopic (exact) mass is 215 g/mol. The van der Waals surface area contributed by atoms with Crippen molar-refractivity contribution in [3.05, 3.63) is 28.8 Å². The smallest absolute Gasteiger partial charge is 0.0569 e. The first-order chi connectivity index (χ1) is 6.75. The molecule has 5 N–H and O–H groups in total. The number of nitrogens with two attached hydrogens (primary N) is 1. The number of nitrogens with one attached hydrogen (secondary N) is 2. The minimum atomic E-state index is 0.0883. The highest BCUT2D eigenvalue weighted by atomic mass is 35.5. The van der Waals surface area contributed by atoms with Crippen molar-refractivity contribution in [3.63, 3.8) is 0 Å². The van der Waals surface area contributed by atoms with Gasteiger partial charge in [0.25, 0.3) is 0 Å². The standard InChI is InChI=1S/C9H14ClN3O/c10-8-2-1-3-9(11)7(8)6-13-12-4-5-14/h1-3,12-14H,4-6,11H2. The van der Waals surface area contributed by atoms with E-state index in [1.54, 1.807) is 12.1 Å². The van der Waals surface area contributed by atoms with E-state index >= 15 is 0 Å². The van der Waals surface area contributed by atoms with Gasteiger partial charge in [-0.05, 0) is 12.1 Å². The van der Waals surface area contributed by atoms with Crippen LogP contribution in [0.25, 0.3) is 0 Å². The number of hydrazine groups is 1. The highest BCUT2D eigenvalue weighted by molar-refractivity contribution is 6.31. The van der Waals surface area contributed by atoms with E-state index in [2.05, 4.69) is 10.9 Å². The number of anilines is 1. The molecule has 0 radical (unpaired) electrons. The molecule has 78 valence electrons. The first-order valence-electron chi connectivity index (χ1n) is 4.35. The maximum Gasteiger partial charge on any atom is 0.0569 e. The normalized spacial score (nSPS) is 10.4. The zero-order chi connectivity index (χ0) is 10.4. The van der Waals surface area contributed by atoms with Crippen LogP contribution in [0.2, 0.25) is 5.02 Å². The van der Waals surface area contributed by atoms with Crippen molar-refractivity contribution in [1.82, 2.24) is 10.9 Å². The summed E-state index contributed by atoms with van der Waals surface area (Å²) in [5.74, 6) is 0. The Morgan fingerprint density at radius 2 is 2.14 bits per heavy atom. The van der Waals surface area contributed by atoms with Crippen LogP contribution < -0.4 is 16.6 Å². The molecule has 0 bridgehead atoms. The molecule has 5 heteroatoms. The highest BCUT2D eigenvalue weighted by Gasteiger charge is 2.02. The molecule has 0 heterocycles. The predicted octanol–water partition coefficient (Wildman–Crippen LogP) is 0.509. The largest absolute Gasteiger partial charge is 0.398 e. The van der Waals surface area contributed by atoms with E-state index < -0.39 is 0 Å². The minimum Gasteiger partial charge on any atom is -0.398 e. The van der Waals surface area contributed by atoms with Gasteiger partial charge in [0.1, 0.15) is 0 Å². The topological polar surface area (TPSA) is 70.3 Å². The Morgan fingerprint density at radius 3 is 2.79 bits per heavy atom. The van der Waals surface area contributed by atoms with Gasteiger partial charge in [0.15, 0.2) is 0 Å². The summed E-state index contributed by atoms with van der Waals surface area (Å²) in [7, 11) is 0. The van der Waals surface area contributed by atoms with Crippen molar-refractivity contribution in [3.8, 4) is 0 Å². The van der Waals surface area contributed by atoms with Gasteiger partial charge in [-0.25, -0.2) is 0 Å². The number of benzene rings is 1. The van der Waals surface area contributed by atoms with Crippen LogP contribution in [0.3, 0.4) is 0 Å². The molecule has 1 aromatic rings. The summed E-state index contributed by atoms with van der Waals surface area (Å²) in [6.45, 7) is 1.11. The van der Waals surface area contributed by atoms with Gasteiger partial charge in [-0.2, -0.15) is 0 Å². The molecule has 0 aliphatic rings. The van der Waals surface area contributed by atoms with Gasteiger partial charge in [0.2, 0.25) is 0 Å². The maximum absolute atomic E-state index is 8.52. The summed E-state index contributed by atoms with van der Waals surface area (Å²) in [4.78, 5) is 0. The van der Waals surface area contributed by atoms with E-state index in [0.29, 0.717) is 23.8 Å². The Bertz CT molecular complexity index is 273. The second kappa shape index (κ2) is 5.82. The van der Waals surface area contributed by atoms with Crippen molar-refractivity contribution >= 4 is 17.3 Å². The van der Waals surface area contributed by atoms with Gasteiger partial charge >= 0.3 is 0 Å². The number of halogens is 1. The zero-order valence-electron chi connectivity index (χ0n) is 7.76. The molecule has 0 spiro atoms. The summed E-state index contributed by atoms with van der Waals surface area (Å²) in [5, 5.41) is 9.16. The van der Waals surface area contributed by atoms with Crippen LogP contribution in [0.15, 0.2) is 18.2 Å². The molecule has 0 atom stereocenters. The molecule has 0 aliphatic carbocycles. The third-order valence-electron chi connectivity index (χ3n) is 1.78. The Kier molecular flexibility index (Phi) is 4.69. The van der Waals surface area contributed by atoms with Gasteiger partial charge in [0.05, 0.1) is 6.61 Å². The molecule has 1 rings (SSSR count). The second-order valence-electron chi connectivity index (χ2n) is 2.81. The van der Waals surface area contributed by atoms with E-state index in [4.69, 9.17) is 22.4 Å². The zero-order valence-corrected chi connectivity index (χ0v) is 8.51. The number of aliphatic hydroxyl groups is 1. The van der Waals surface area contributed by atoms with Crippen LogP contribution >= 0.6 is 11.6 Å². The number of hydrogen-bond donors (Lipinski definition) is 4. The third-order valence-corrected chi connectivity index (χ3v) is 2.14. The van der Waals surface area contributed by atoms with Gasteiger partial charge in [-0.3, -0.25) is 10.9 Å². The van der Waals surface area contributed by atoms with Crippen molar-refractivity contribution in [2.75, 3.05) is 18.9 Å². The SMILES string of the molecule is Nc1cccc(Cl)c1CNNCCO. The number of nitrogen functional groups attached to an aromatic ring is 1. The average molecular weight is 216 g/mol. The highest BCUT2D eigenvalue weighted by Crippen LogP contribution is 2.21. The fourth-order valence-corrected chi connectivity index (χ4v) is 1.31. The molecule has 0 saturated carbocycles. The molecule has 0 saturated heterocycles. The lowest BCUT2D eigenvalue weighted by molar-refractivity contribution is 0.283. The molecule has 4 nitrogen and oxygen atoms in total. The molecule has 0 fully saturated rings. The van der Waals surface area contributed by atoms with Crippen molar-refractivity contribution < 1.29 is 5.11 Å². The molecule has 0 amide bonds. The lowest BCUT2D eigenvalue weighted by Crippen LogP contribution is -2.33. The lowest BCUT2D eigenvalue weighted by atomic mass is 10.2. The van der Waals surface area contributed by atoms with Gasteiger partial charge in [0, 0.05) is 29.4 Å². The number of hydrogen-bond acceptors (Lipinski definition) is 4. The maximum atomic E-state index is 8.52. The third kappa shape index (κ3) is 3.16. The number of aliphatic hydroxyl groups excluding tert-OH is 1. The average Bonchev–Trinajstić information content (AvgIpc) is 2.16. The van der Waals surface area contributed by atoms with E-state index in [0.717, 1.165) is 5.56 Å². The summed E-state index contributed by atoms with van der Waals surface area (Å²) >= 11 is 5.95. The van der Waals surface area contributed by atoms with Gasteiger partial charge < -0.3 is 10.8 Å². The molecule has 0 aromatic heterocycles. The Balaban J connectivity index is 2.49. The Hall–Kier alpha value is -0.810. The number of rotatable bonds is 5. The summed E-state index contributed by atoms with van der Waals surface area (Å²) in [5.41, 5.74) is 13.0. The Morgan fingerprint density at radius 1 is 1.36 bits per heavy atom. The first-order valence-corrected chi connectivity index (χ1v) is 4.73. The van der Waals surface area contributed by atoms with E-state index in [1.807, 2.05) is 6.07 Å². The van der Waals surface area contributed by atoms with Crippen molar-refractivity contribution in [1.29, 1.82) is 0 Å². The fourth-order valence-electron chi connectivity index (χ4n) is 1.06. The molecule has 1 aromatic carbocycles. The van der Waals surface area contributed by atoms with Gasteiger partial charge in [-0.15, -0.1) is 0 Å². The second-order valence-corrected chi connectivity index (χ2v) is 3.22. The summed E-state index contributed by atoms with van der Waals surface area (Å²) in [6, 6.07) is 5.40. The molecule has 0 unspecified atom stereocenters. The van der Waals surface area contributed by atoms with Crippen LogP contribution in [-0.2, 0) is 6.54 Å². The predicted molar refractivity (Wildman–Crippen MR) is 57.8 cm³/mol. The van der Waals surface area contributed by atoms with E-state index in [1.165, 1.54) is 0 Å². The molecular formula is C9H14ClN3O. The molecule has 14 heavy (non-hydrogen) atoms. The van der Waals surface area contributed by atoms with Crippen LogP contribution in [0.5, 0.6) is 0 Å². The summed E-state index contributed by atoms with van der Waals surface area (Å²) < 4.78 is 0. The van der Waals surface area contributed by atoms with Crippen LogP contribution in [0.4, 0.5) is 5.69 Å². The first kappa shape index (κ1) is 11.3. The quantitative estimate of drug-likeness (QED) is 0.328. The lowest BCUT2D eigenvalue weighted by Gasteiger charge is -2.09. The van der Waals surface area contributed by atoms with Crippen LogP contribution in [0.1, 0.15) is 5.56 Å². The van der Waals surface area contributed by atoms with Crippen LogP contribution in [0, 0.1) is 0 Å². The van der Waals surface area contributed by atoms with E-state index in [-0.39, 0.29) is 6.61 Å². The summed E-state index contributed by atoms with van der Waals surface area (Å²) in [6.07, 6.45) is 0.